The third kappa shape index (κ3) is 3.27. The molecule has 1 atom stereocenters. The lowest BCUT2D eigenvalue weighted by molar-refractivity contribution is -0.122. The van der Waals surface area contributed by atoms with Gasteiger partial charge in [0.1, 0.15) is 5.82 Å². The predicted molar refractivity (Wildman–Crippen MR) is 64.0 cm³/mol. The predicted octanol–water partition coefficient (Wildman–Crippen LogP) is 1.50. The van der Waals surface area contributed by atoms with Crippen LogP contribution in [-0.2, 0) is 11.3 Å². The molecule has 2 N–H and O–H groups in total. The van der Waals surface area contributed by atoms with Gasteiger partial charge in [0.05, 0.1) is 0 Å². The quantitative estimate of drug-likeness (QED) is 0.835. The first-order valence-corrected chi connectivity index (χ1v) is 5.90. The van der Waals surface area contributed by atoms with Crippen molar-refractivity contribution >= 4 is 5.91 Å². The van der Waals surface area contributed by atoms with Crippen molar-refractivity contribution in [2.45, 2.75) is 32.4 Å². The number of aryl methyl sites for hydroxylation is 1. The molecule has 1 aliphatic rings. The van der Waals surface area contributed by atoms with Crippen LogP contribution in [-0.4, -0.2) is 18.5 Å². The summed E-state index contributed by atoms with van der Waals surface area (Å²) in [6, 6.07) is 5.14. The van der Waals surface area contributed by atoms with Crippen LogP contribution in [0.1, 0.15) is 24.0 Å². The van der Waals surface area contributed by atoms with Gasteiger partial charge >= 0.3 is 0 Å². The normalized spacial score (nSPS) is 20.1. The number of amides is 1. The van der Waals surface area contributed by atoms with E-state index in [4.69, 9.17) is 0 Å². The van der Waals surface area contributed by atoms with Gasteiger partial charge in [-0.25, -0.2) is 4.39 Å². The molecule has 1 aromatic carbocycles. The van der Waals surface area contributed by atoms with Gasteiger partial charge in [0.15, 0.2) is 0 Å². The second-order valence-electron chi connectivity index (χ2n) is 4.49. The minimum absolute atomic E-state index is 0.126. The monoisotopic (exact) mass is 236 g/mol. The average molecular weight is 236 g/mol. The number of hydrogen-bond acceptors (Lipinski definition) is 2. The number of hydrogen-bond donors (Lipinski definition) is 2. The molecule has 1 aromatic rings. The van der Waals surface area contributed by atoms with Gasteiger partial charge in [-0.3, -0.25) is 4.79 Å². The van der Waals surface area contributed by atoms with Gasteiger partial charge in [-0.05, 0) is 36.6 Å². The summed E-state index contributed by atoms with van der Waals surface area (Å²) in [7, 11) is 0. The molecular weight excluding hydrogens is 219 g/mol. The lowest BCUT2D eigenvalue weighted by atomic mass is 10.1. The molecule has 0 bridgehead atoms. The molecular formula is C13H17FN2O. The van der Waals surface area contributed by atoms with Crippen LogP contribution in [0.5, 0.6) is 0 Å². The topological polar surface area (TPSA) is 41.1 Å². The highest BCUT2D eigenvalue weighted by Crippen LogP contribution is 2.11. The molecule has 0 aromatic heterocycles. The van der Waals surface area contributed by atoms with Crippen LogP contribution in [0.3, 0.4) is 0 Å². The number of nitrogens with one attached hydrogen (secondary N) is 2. The van der Waals surface area contributed by atoms with Gasteiger partial charge in [-0.2, -0.15) is 0 Å². The summed E-state index contributed by atoms with van der Waals surface area (Å²) in [4.78, 5) is 11.0. The lowest BCUT2D eigenvalue weighted by Crippen LogP contribution is -2.45. The summed E-state index contributed by atoms with van der Waals surface area (Å²) in [5.41, 5.74) is 2.06. The van der Waals surface area contributed by atoms with Crippen molar-refractivity contribution in [2.24, 2.45) is 0 Å². The average Bonchev–Trinajstić information content (AvgIpc) is 2.30. The second kappa shape index (κ2) is 5.27. The van der Waals surface area contributed by atoms with Crippen LogP contribution in [0.4, 0.5) is 4.39 Å². The Bertz CT molecular complexity index is 410. The van der Waals surface area contributed by atoms with Gasteiger partial charge in [0, 0.05) is 25.6 Å². The molecule has 1 heterocycles. The number of carbonyl (C=O) groups excluding carboxylic acids is 1. The largest absolute Gasteiger partial charge is 0.355 e. The van der Waals surface area contributed by atoms with Crippen molar-refractivity contribution in [2.75, 3.05) is 6.54 Å². The second-order valence-corrected chi connectivity index (χ2v) is 4.49. The Kier molecular flexibility index (Phi) is 3.74. The van der Waals surface area contributed by atoms with Gasteiger partial charge in [-0.15, -0.1) is 0 Å². The van der Waals surface area contributed by atoms with E-state index in [9.17, 15) is 9.18 Å². The molecule has 1 aliphatic heterocycles. The zero-order valence-corrected chi connectivity index (χ0v) is 9.92. The Labute approximate surface area is 100 Å². The highest BCUT2D eigenvalue weighted by molar-refractivity contribution is 5.76. The van der Waals surface area contributed by atoms with E-state index in [0.717, 1.165) is 17.5 Å². The van der Waals surface area contributed by atoms with Crippen LogP contribution in [0.2, 0.25) is 0 Å². The van der Waals surface area contributed by atoms with Crippen molar-refractivity contribution in [1.29, 1.82) is 0 Å². The summed E-state index contributed by atoms with van der Waals surface area (Å²) in [5.74, 6) is -0.0720. The maximum absolute atomic E-state index is 12.9. The fourth-order valence-corrected chi connectivity index (χ4v) is 2.02. The van der Waals surface area contributed by atoms with Crippen molar-refractivity contribution in [3.05, 3.63) is 35.1 Å². The van der Waals surface area contributed by atoms with E-state index in [2.05, 4.69) is 10.6 Å². The smallest absolute Gasteiger partial charge is 0.220 e. The van der Waals surface area contributed by atoms with Gasteiger partial charge in [0.25, 0.3) is 0 Å². The number of rotatable bonds is 3. The Morgan fingerprint density at radius 1 is 1.53 bits per heavy atom. The number of halogens is 1. The van der Waals surface area contributed by atoms with Crippen LogP contribution in [0.15, 0.2) is 18.2 Å². The summed E-state index contributed by atoms with van der Waals surface area (Å²) >= 11 is 0. The van der Waals surface area contributed by atoms with Gasteiger partial charge < -0.3 is 10.6 Å². The van der Waals surface area contributed by atoms with Crippen molar-refractivity contribution in [1.82, 2.24) is 10.6 Å². The zero-order valence-electron chi connectivity index (χ0n) is 9.92. The summed E-state index contributed by atoms with van der Waals surface area (Å²) < 4.78 is 12.9. The van der Waals surface area contributed by atoms with Gasteiger partial charge in [-0.1, -0.05) is 6.07 Å². The number of benzene rings is 1. The molecule has 1 unspecified atom stereocenters. The first-order chi connectivity index (χ1) is 8.15. The molecule has 0 spiro atoms. The molecule has 0 aliphatic carbocycles. The highest BCUT2D eigenvalue weighted by atomic mass is 19.1. The number of piperidine rings is 1. The third-order valence-corrected chi connectivity index (χ3v) is 3.15. The summed E-state index contributed by atoms with van der Waals surface area (Å²) in [6.45, 7) is 3.30. The van der Waals surface area contributed by atoms with E-state index in [0.29, 0.717) is 25.6 Å². The van der Waals surface area contributed by atoms with Crippen LogP contribution < -0.4 is 10.6 Å². The van der Waals surface area contributed by atoms with Crippen molar-refractivity contribution in [3.63, 3.8) is 0 Å². The molecule has 1 saturated heterocycles. The van der Waals surface area contributed by atoms with Crippen molar-refractivity contribution < 1.29 is 9.18 Å². The van der Waals surface area contributed by atoms with E-state index < -0.39 is 0 Å². The first kappa shape index (κ1) is 12.0. The Balaban J connectivity index is 1.87. The molecule has 1 fully saturated rings. The summed E-state index contributed by atoms with van der Waals surface area (Å²) in [5, 5.41) is 6.21. The Morgan fingerprint density at radius 3 is 3.00 bits per heavy atom. The lowest BCUT2D eigenvalue weighted by Gasteiger charge is -2.23. The van der Waals surface area contributed by atoms with Crippen LogP contribution >= 0.6 is 0 Å². The fourth-order valence-electron chi connectivity index (χ4n) is 2.02. The minimum Gasteiger partial charge on any atom is -0.355 e. The molecule has 17 heavy (non-hydrogen) atoms. The van der Waals surface area contributed by atoms with Crippen LogP contribution in [0.25, 0.3) is 0 Å². The molecule has 2 rings (SSSR count). The fraction of sp³-hybridized carbons (Fsp3) is 0.462. The molecule has 0 radical (unpaired) electrons. The van der Waals surface area contributed by atoms with E-state index >= 15 is 0 Å². The maximum Gasteiger partial charge on any atom is 0.220 e. The first-order valence-electron chi connectivity index (χ1n) is 5.90. The maximum atomic E-state index is 12.9. The van der Waals surface area contributed by atoms with E-state index in [1.807, 2.05) is 6.92 Å². The minimum atomic E-state index is -0.198. The highest BCUT2D eigenvalue weighted by Gasteiger charge is 2.17. The standard InChI is InChI=1S/C13H17FN2O/c1-9-6-11(14)3-2-10(9)7-15-12-4-5-13(17)16-8-12/h2-3,6,12,15H,4-5,7-8H2,1H3,(H,16,17). The van der Waals surface area contributed by atoms with E-state index in [1.165, 1.54) is 6.07 Å². The molecule has 1 amide bonds. The zero-order chi connectivity index (χ0) is 12.3. The molecule has 3 nitrogen and oxygen atoms in total. The van der Waals surface area contributed by atoms with E-state index in [1.54, 1.807) is 12.1 Å². The van der Waals surface area contributed by atoms with Crippen molar-refractivity contribution in [3.8, 4) is 0 Å². The van der Waals surface area contributed by atoms with Crippen LogP contribution in [0, 0.1) is 12.7 Å². The molecule has 0 saturated carbocycles. The van der Waals surface area contributed by atoms with Gasteiger partial charge in [0.2, 0.25) is 5.91 Å². The molecule has 92 valence electrons. The SMILES string of the molecule is Cc1cc(F)ccc1CNC1CCC(=O)NC1. The van der Waals surface area contributed by atoms with E-state index in [-0.39, 0.29) is 11.7 Å². The molecule has 4 heteroatoms. The Hall–Kier alpha value is -1.42. The summed E-state index contributed by atoms with van der Waals surface area (Å²) in [6.07, 6.45) is 1.45. The third-order valence-electron chi connectivity index (χ3n) is 3.15. The number of carbonyl (C=O) groups is 1. The Morgan fingerprint density at radius 2 is 2.35 bits per heavy atom.